The first-order valence-electron chi connectivity index (χ1n) is 11.8. The van der Waals surface area contributed by atoms with E-state index in [0.29, 0.717) is 28.8 Å². The lowest BCUT2D eigenvalue weighted by Gasteiger charge is -2.41. The smallest absolute Gasteiger partial charge is 0.280 e. The molecule has 10 heteroatoms. The number of alkyl halides is 2. The van der Waals surface area contributed by atoms with Crippen LogP contribution in [0.15, 0.2) is 24.7 Å². The van der Waals surface area contributed by atoms with Gasteiger partial charge in [0.25, 0.3) is 12.3 Å². The van der Waals surface area contributed by atoms with Crippen molar-refractivity contribution in [1.82, 2.24) is 30.7 Å². The van der Waals surface area contributed by atoms with Crippen LogP contribution in [0.25, 0.3) is 0 Å². The topological polar surface area (TPSA) is 87.1 Å². The molecule has 176 valence electrons. The van der Waals surface area contributed by atoms with Gasteiger partial charge in [0, 0.05) is 42.8 Å². The summed E-state index contributed by atoms with van der Waals surface area (Å²) >= 11 is 0. The van der Waals surface area contributed by atoms with Gasteiger partial charge in [-0.25, -0.2) is 18.7 Å². The molecule has 2 aliphatic heterocycles. The molecule has 4 fully saturated rings. The summed E-state index contributed by atoms with van der Waals surface area (Å²) < 4.78 is 29.2. The lowest BCUT2D eigenvalue weighted by atomic mass is 9.97. The predicted molar refractivity (Wildman–Crippen MR) is 118 cm³/mol. The van der Waals surface area contributed by atoms with Crippen LogP contribution in [-0.4, -0.2) is 51.7 Å². The van der Waals surface area contributed by atoms with Crippen LogP contribution in [0.1, 0.15) is 60.8 Å². The molecule has 3 unspecified atom stereocenters. The van der Waals surface area contributed by atoms with Crippen molar-refractivity contribution in [2.75, 3.05) is 18.0 Å². The molecule has 2 aromatic rings. The minimum absolute atomic E-state index is 0.0450. The van der Waals surface area contributed by atoms with E-state index in [2.05, 4.69) is 38.0 Å². The van der Waals surface area contributed by atoms with Gasteiger partial charge >= 0.3 is 0 Å². The fourth-order valence-corrected chi connectivity index (χ4v) is 5.71. The third-order valence-corrected chi connectivity index (χ3v) is 7.90. The van der Waals surface area contributed by atoms with Crippen LogP contribution >= 0.6 is 0 Å². The second-order valence-corrected chi connectivity index (χ2v) is 10.2. The summed E-state index contributed by atoms with van der Waals surface area (Å²) in [4.78, 5) is 23.3. The zero-order valence-electron chi connectivity index (χ0n) is 18.6. The molecule has 4 aliphatic rings. The number of nitrogens with zero attached hydrogens (tertiary/aromatic N) is 4. The Kier molecular flexibility index (Phi) is 4.91. The number of fused-ring (bicyclic) bond motifs is 1. The molecule has 2 saturated carbocycles. The molecular formula is C23H29F2N7O. The molecule has 1 spiro atoms. The van der Waals surface area contributed by atoms with Crippen LogP contribution in [0.5, 0.6) is 0 Å². The Morgan fingerprint density at radius 2 is 2.09 bits per heavy atom. The first-order valence-corrected chi connectivity index (χ1v) is 11.8. The predicted octanol–water partition coefficient (Wildman–Crippen LogP) is 2.24. The van der Waals surface area contributed by atoms with Crippen LogP contribution in [-0.2, 0) is 6.54 Å². The molecule has 33 heavy (non-hydrogen) atoms. The average Bonchev–Trinajstić information content (AvgIpc) is 3.08. The number of rotatable bonds is 6. The third-order valence-electron chi connectivity index (χ3n) is 7.90. The molecule has 1 amide bonds. The minimum Gasteiger partial charge on any atom is -0.355 e. The molecule has 4 atom stereocenters. The van der Waals surface area contributed by atoms with Gasteiger partial charge in [-0.15, -0.1) is 0 Å². The van der Waals surface area contributed by atoms with Crippen LogP contribution in [0.2, 0.25) is 0 Å². The van der Waals surface area contributed by atoms with Gasteiger partial charge in [-0.2, -0.15) is 0 Å². The van der Waals surface area contributed by atoms with Crippen molar-refractivity contribution in [3.8, 4) is 0 Å². The Labute approximate surface area is 191 Å². The molecule has 2 saturated heterocycles. The van der Waals surface area contributed by atoms with Gasteiger partial charge in [-0.05, 0) is 50.2 Å². The highest BCUT2D eigenvalue weighted by Crippen LogP contribution is 2.53. The monoisotopic (exact) mass is 457 g/mol. The van der Waals surface area contributed by atoms with Gasteiger partial charge in [-0.1, -0.05) is 6.07 Å². The van der Waals surface area contributed by atoms with Gasteiger partial charge in [0.1, 0.15) is 17.2 Å². The summed E-state index contributed by atoms with van der Waals surface area (Å²) in [5, 5.41) is 3.08. The largest absolute Gasteiger partial charge is 0.355 e. The number of hydrogen-bond acceptors (Lipinski definition) is 6. The van der Waals surface area contributed by atoms with Crippen LogP contribution in [0, 0.1) is 11.3 Å². The standard InChI is InChI=1S/C23H29F2N7O/c1-13-15-3-4-16(20(15)30-29-13)27-22(33)17-9-31(12-26-17)8-14-2-5-18(28-19(14)21(24)25)32-10-23(11-32)6-7-23/h2,5,9,12-13,15-16,20-21,29-30H,3-4,6-8,10-11H2,1H3,(H,27,33)/t13?,15?,16-,20?/m1/s1. The van der Waals surface area contributed by atoms with Crippen molar-refractivity contribution >= 4 is 11.7 Å². The Balaban J connectivity index is 1.12. The van der Waals surface area contributed by atoms with Gasteiger partial charge in [0.05, 0.1) is 12.9 Å². The number of hydrogen-bond donors (Lipinski definition) is 3. The third kappa shape index (κ3) is 3.78. The van der Waals surface area contributed by atoms with E-state index in [9.17, 15) is 13.6 Å². The van der Waals surface area contributed by atoms with E-state index >= 15 is 0 Å². The van der Waals surface area contributed by atoms with Gasteiger partial charge in [0.15, 0.2) is 0 Å². The maximum absolute atomic E-state index is 13.8. The van der Waals surface area contributed by atoms with E-state index in [-0.39, 0.29) is 35.9 Å². The Hall–Kier alpha value is -2.59. The molecule has 2 aromatic heterocycles. The number of hydrazine groups is 1. The van der Waals surface area contributed by atoms with Gasteiger partial charge < -0.3 is 14.8 Å². The molecule has 6 rings (SSSR count). The van der Waals surface area contributed by atoms with Gasteiger partial charge in [0.2, 0.25) is 0 Å². The van der Waals surface area contributed by atoms with Crippen molar-refractivity contribution in [3.63, 3.8) is 0 Å². The average molecular weight is 458 g/mol. The lowest BCUT2D eigenvalue weighted by molar-refractivity contribution is 0.0926. The summed E-state index contributed by atoms with van der Waals surface area (Å²) in [6, 6.07) is 4.19. The fraction of sp³-hybridized carbons (Fsp3) is 0.609. The highest BCUT2D eigenvalue weighted by atomic mass is 19.3. The van der Waals surface area contributed by atoms with Crippen molar-refractivity contribution in [1.29, 1.82) is 0 Å². The SMILES string of the molecule is CC1NNC2C1CC[C@H]2NC(=O)c1cn(Cc2ccc(N3CC4(CC4)C3)nc2C(F)F)cn1. The van der Waals surface area contributed by atoms with Crippen LogP contribution in [0.4, 0.5) is 14.6 Å². The molecule has 8 nitrogen and oxygen atoms in total. The van der Waals surface area contributed by atoms with Crippen molar-refractivity contribution in [2.45, 2.75) is 63.7 Å². The molecule has 3 N–H and O–H groups in total. The highest BCUT2D eigenvalue weighted by Gasteiger charge is 2.52. The number of carbonyl (C=O) groups is 1. The van der Waals surface area contributed by atoms with E-state index in [0.717, 1.165) is 25.9 Å². The first kappa shape index (κ1) is 21.0. The minimum atomic E-state index is -2.66. The lowest BCUT2D eigenvalue weighted by Crippen LogP contribution is -2.49. The molecule has 4 heterocycles. The Bertz CT molecular complexity index is 1060. The number of halogens is 2. The number of pyridine rings is 1. The Morgan fingerprint density at radius 1 is 1.27 bits per heavy atom. The first-order chi connectivity index (χ1) is 15.9. The van der Waals surface area contributed by atoms with E-state index in [1.165, 1.54) is 19.2 Å². The second-order valence-electron chi connectivity index (χ2n) is 10.2. The number of amides is 1. The number of aromatic nitrogens is 3. The Morgan fingerprint density at radius 3 is 2.85 bits per heavy atom. The van der Waals surface area contributed by atoms with E-state index < -0.39 is 6.43 Å². The van der Waals surface area contributed by atoms with Crippen LogP contribution in [0.3, 0.4) is 0 Å². The van der Waals surface area contributed by atoms with E-state index in [1.54, 1.807) is 16.8 Å². The molecule has 0 aromatic carbocycles. The summed E-state index contributed by atoms with van der Waals surface area (Å²) in [6.07, 6.45) is 4.91. The number of nitrogens with one attached hydrogen (secondary N) is 3. The number of imidazole rings is 1. The van der Waals surface area contributed by atoms with Crippen molar-refractivity contribution < 1.29 is 13.6 Å². The summed E-state index contributed by atoms with van der Waals surface area (Å²) in [5.74, 6) is 0.883. The van der Waals surface area contributed by atoms with Crippen molar-refractivity contribution in [2.24, 2.45) is 11.3 Å². The highest BCUT2D eigenvalue weighted by molar-refractivity contribution is 5.92. The molecule has 2 aliphatic carbocycles. The number of anilines is 1. The van der Waals surface area contributed by atoms with Crippen molar-refractivity contribution in [3.05, 3.63) is 41.6 Å². The zero-order valence-corrected chi connectivity index (χ0v) is 18.6. The summed E-state index contributed by atoms with van der Waals surface area (Å²) in [6.45, 7) is 4.16. The molecule has 0 bridgehead atoms. The van der Waals surface area contributed by atoms with E-state index in [4.69, 9.17) is 0 Å². The second kappa shape index (κ2) is 7.73. The maximum Gasteiger partial charge on any atom is 0.280 e. The number of carbonyl (C=O) groups excluding carboxylic acids is 1. The molecular weight excluding hydrogens is 428 g/mol. The quantitative estimate of drug-likeness (QED) is 0.617. The molecule has 0 radical (unpaired) electrons. The summed E-state index contributed by atoms with van der Waals surface area (Å²) in [7, 11) is 0. The zero-order chi connectivity index (χ0) is 22.7. The summed E-state index contributed by atoms with van der Waals surface area (Å²) in [5.41, 5.74) is 7.49. The maximum atomic E-state index is 13.8. The fourth-order valence-electron chi connectivity index (χ4n) is 5.71. The normalized spacial score (nSPS) is 29.4. The van der Waals surface area contributed by atoms with Crippen LogP contribution < -0.4 is 21.1 Å². The van der Waals surface area contributed by atoms with E-state index in [1.807, 2.05) is 6.07 Å². The van der Waals surface area contributed by atoms with Gasteiger partial charge in [-0.3, -0.25) is 15.6 Å².